The van der Waals surface area contributed by atoms with E-state index >= 15 is 0 Å². The molecule has 156 valence electrons. The van der Waals surface area contributed by atoms with Crippen molar-refractivity contribution >= 4 is 29.2 Å². The highest BCUT2D eigenvalue weighted by Gasteiger charge is 2.12. The van der Waals surface area contributed by atoms with Crippen LogP contribution in [0, 0.1) is 13.8 Å². The van der Waals surface area contributed by atoms with Crippen LogP contribution in [-0.4, -0.2) is 27.8 Å². The van der Waals surface area contributed by atoms with E-state index in [9.17, 15) is 9.59 Å². The second-order valence-electron chi connectivity index (χ2n) is 7.32. The Labute approximate surface area is 180 Å². The van der Waals surface area contributed by atoms with Crippen LogP contribution in [-0.2, 0) is 11.3 Å². The van der Waals surface area contributed by atoms with Gasteiger partial charge in [0.25, 0.3) is 5.91 Å². The van der Waals surface area contributed by atoms with Crippen molar-refractivity contribution < 1.29 is 14.3 Å². The van der Waals surface area contributed by atoms with Crippen LogP contribution in [0.15, 0.2) is 48.5 Å². The number of anilines is 1. The molecule has 0 bridgehead atoms. The van der Waals surface area contributed by atoms with Gasteiger partial charge in [-0.15, -0.1) is 0 Å². The number of amides is 1. The Morgan fingerprint density at radius 2 is 1.63 bits per heavy atom. The summed E-state index contributed by atoms with van der Waals surface area (Å²) in [5.41, 5.74) is 4.30. The smallest absolute Gasteiger partial charge is 0.338 e. The summed E-state index contributed by atoms with van der Waals surface area (Å²) in [6.07, 6.45) is -0.182. The van der Waals surface area contributed by atoms with Gasteiger partial charge in [-0.2, -0.15) is 5.10 Å². The monoisotopic (exact) mass is 425 g/mol. The minimum atomic E-state index is -0.387. The Morgan fingerprint density at radius 3 is 2.17 bits per heavy atom. The molecule has 0 fully saturated rings. The number of hydrogen-bond acceptors (Lipinski definition) is 4. The van der Waals surface area contributed by atoms with E-state index in [1.807, 2.05) is 30.7 Å². The molecule has 7 heteroatoms. The molecule has 30 heavy (non-hydrogen) atoms. The summed E-state index contributed by atoms with van der Waals surface area (Å²) in [6.45, 7) is 7.97. The van der Waals surface area contributed by atoms with Crippen molar-refractivity contribution in [3.05, 3.63) is 81.6 Å². The Balaban J connectivity index is 1.63. The summed E-state index contributed by atoms with van der Waals surface area (Å²) in [6, 6.07) is 13.9. The fraction of sp³-hybridized carbons (Fsp3) is 0.261. The molecule has 0 saturated carbocycles. The number of aryl methyl sites for hydroxylation is 1. The van der Waals surface area contributed by atoms with E-state index < -0.39 is 0 Å². The number of carbonyl (C=O) groups is 2. The van der Waals surface area contributed by atoms with Gasteiger partial charge in [-0.1, -0.05) is 23.7 Å². The maximum atomic E-state index is 12.5. The maximum absolute atomic E-state index is 12.5. The van der Waals surface area contributed by atoms with Crippen molar-refractivity contribution in [1.29, 1.82) is 0 Å². The number of aromatic nitrogens is 2. The molecule has 2 aromatic carbocycles. The molecule has 3 rings (SSSR count). The number of nitrogens with one attached hydrogen (secondary N) is 1. The highest BCUT2D eigenvalue weighted by molar-refractivity contribution is 6.31. The molecule has 1 heterocycles. The van der Waals surface area contributed by atoms with Gasteiger partial charge in [0.2, 0.25) is 0 Å². The van der Waals surface area contributed by atoms with Crippen molar-refractivity contribution in [2.45, 2.75) is 40.3 Å². The minimum Gasteiger partial charge on any atom is -0.459 e. The molecule has 0 saturated heterocycles. The third-order valence-corrected chi connectivity index (χ3v) is 5.11. The summed E-state index contributed by atoms with van der Waals surface area (Å²) in [5.74, 6) is -0.615. The summed E-state index contributed by atoms with van der Waals surface area (Å²) in [7, 11) is 0. The van der Waals surface area contributed by atoms with Crippen molar-refractivity contribution in [1.82, 2.24) is 9.78 Å². The summed E-state index contributed by atoms with van der Waals surface area (Å²) >= 11 is 6.20. The fourth-order valence-electron chi connectivity index (χ4n) is 2.94. The largest absolute Gasteiger partial charge is 0.459 e. The number of halogens is 1. The van der Waals surface area contributed by atoms with Gasteiger partial charge >= 0.3 is 5.97 Å². The first-order chi connectivity index (χ1) is 14.2. The Morgan fingerprint density at radius 1 is 1.03 bits per heavy atom. The highest BCUT2D eigenvalue weighted by Crippen LogP contribution is 2.20. The van der Waals surface area contributed by atoms with E-state index in [2.05, 4.69) is 10.4 Å². The molecular formula is C23H24ClN3O3. The lowest BCUT2D eigenvalue weighted by Crippen LogP contribution is -2.13. The molecule has 0 aliphatic heterocycles. The average molecular weight is 426 g/mol. The molecular weight excluding hydrogens is 402 g/mol. The zero-order chi connectivity index (χ0) is 21.8. The Kier molecular flexibility index (Phi) is 6.57. The third kappa shape index (κ3) is 5.07. The third-order valence-electron chi connectivity index (χ3n) is 4.56. The molecule has 0 unspecified atom stereocenters. The second-order valence-corrected chi connectivity index (χ2v) is 7.70. The lowest BCUT2D eigenvalue weighted by molar-refractivity contribution is 0.0378. The zero-order valence-corrected chi connectivity index (χ0v) is 18.2. The van der Waals surface area contributed by atoms with Crippen LogP contribution in [0.4, 0.5) is 5.69 Å². The van der Waals surface area contributed by atoms with E-state index in [0.717, 1.165) is 17.0 Å². The maximum Gasteiger partial charge on any atom is 0.338 e. The molecule has 1 aromatic heterocycles. The number of benzene rings is 2. The molecule has 1 amide bonds. The minimum absolute atomic E-state index is 0.182. The van der Waals surface area contributed by atoms with Crippen LogP contribution in [0.2, 0.25) is 5.02 Å². The highest BCUT2D eigenvalue weighted by atomic mass is 35.5. The number of nitrogens with zero attached hydrogens (tertiary/aromatic N) is 2. The SMILES string of the molecule is Cc1nn(Cc2ccc(C(=O)Nc3ccc(C(=O)OC(C)C)cc3)cc2)c(C)c1Cl. The van der Waals surface area contributed by atoms with Crippen molar-refractivity contribution in [3.8, 4) is 0 Å². The van der Waals surface area contributed by atoms with Gasteiger partial charge in [0, 0.05) is 11.3 Å². The van der Waals surface area contributed by atoms with Gasteiger partial charge in [0.1, 0.15) is 0 Å². The summed E-state index contributed by atoms with van der Waals surface area (Å²) in [5, 5.41) is 7.93. The number of rotatable bonds is 6. The number of ether oxygens (including phenoxy) is 1. The van der Waals surface area contributed by atoms with Gasteiger partial charge in [0.15, 0.2) is 0 Å². The van der Waals surface area contributed by atoms with E-state index in [0.29, 0.717) is 28.4 Å². The predicted octanol–water partition coefficient (Wildman–Crippen LogP) is 5.02. The normalized spacial score (nSPS) is 10.9. The number of hydrogen-bond donors (Lipinski definition) is 1. The quantitative estimate of drug-likeness (QED) is 0.563. The Bertz CT molecular complexity index is 1050. The molecule has 0 atom stereocenters. The van der Waals surface area contributed by atoms with Crippen LogP contribution in [0.25, 0.3) is 0 Å². The van der Waals surface area contributed by atoms with Gasteiger partial charge in [-0.05, 0) is 69.7 Å². The van der Waals surface area contributed by atoms with Gasteiger partial charge in [-0.25, -0.2) is 4.79 Å². The van der Waals surface area contributed by atoms with Crippen LogP contribution in [0.1, 0.15) is 51.5 Å². The van der Waals surface area contributed by atoms with Gasteiger partial charge in [-0.3, -0.25) is 9.48 Å². The van der Waals surface area contributed by atoms with Crippen LogP contribution >= 0.6 is 11.6 Å². The average Bonchev–Trinajstić information content (AvgIpc) is 2.95. The van der Waals surface area contributed by atoms with Gasteiger partial charge < -0.3 is 10.1 Å². The first-order valence-corrected chi connectivity index (χ1v) is 10.0. The fourth-order valence-corrected chi connectivity index (χ4v) is 3.07. The summed E-state index contributed by atoms with van der Waals surface area (Å²) < 4.78 is 7.00. The molecule has 1 N–H and O–H groups in total. The van der Waals surface area contributed by atoms with Crippen LogP contribution < -0.4 is 5.32 Å². The topological polar surface area (TPSA) is 73.2 Å². The number of esters is 1. The Hall–Kier alpha value is -3.12. The molecule has 3 aromatic rings. The van der Waals surface area contributed by atoms with E-state index in [-0.39, 0.29) is 18.0 Å². The first kappa shape index (κ1) is 21.6. The number of carbonyl (C=O) groups excluding carboxylic acids is 2. The molecule has 0 aliphatic carbocycles. The van der Waals surface area contributed by atoms with Crippen molar-refractivity contribution in [2.75, 3.05) is 5.32 Å². The molecule has 0 aliphatic rings. The first-order valence-electron chi connectivity index (χ1n) is 9.65. The van der Waals surface area contributed by atoms with Crippen LogP contribution in [0.3, 0.4) is 0 Å². The molecule has 0 radical (unpaired) electrons. The zero-order valence-electron chi connectivity index (χ0n) is 17.4. The molecule has 0 spiro atoms. The second kappa shape index (κ2) is 9.13. The predicted molar refractivity (Wildman–Crippen MR) is 117 cm³/mol. The standard InChI is InChI=1S/C23H24ClN3O3/c1-14(2)30-23(29)19-9-11-20(12-10-19)25-22(28)18-7-5-17(6-8-18)13-27-16(4)21(24)15(3)26-27/h5-12,14H,13H2,1-4H3,(H,25,28). The molecule has 6 nitrogen and oxygen atoms in total. The van der Waals surface area contributed by atoms with E-state index in [1.165, 1.54) is 0 Å². The van der Waals surface area contributed by atoms with Crippen molar-refractivity contribution in [3.63, 3.8) is 0 Å². The van der Waals surface area contributed by atoms with E-state index in [1.54, 1.807) is 50.2 Å². The van der Waals surface area contributed by atoms with E-state index in [4.69, 9.17) is 16.3 Å². The lowest BCUT2D eigenvalue weighted by atomic mass is 10.1. The summed E-state index contributed by atoms with van der Waals surface area (Å²) in [4.78, 5) is 24.4. The van der Waals surface area contributed by atoms with Crippen molar-refractivity contribution in [2.24, 2.45) is 0 Å². The van der Waals surface area contributed by atoms with Gasteiger partial charge in [0.05, 0.1) is 34.6 Å². The van der Waals surface area contributed by atoms with Crippen LogP contribution in [0.5, 0.6) is 0 Å². The lowest BCUT2D eigenvalue weighted by Gasteiger charge is -2.09.